The van der Waals surface area contributed by atoms with E-state index in [1.54, 1.807) is 19.1 Å². The molecule has 0 N–H and O–H groups in total. The highest BCUT2D eigenvalue weighted by Crippen LogP contribution is 2.34. The quantitative estimate of drug-likeness (QED) is 0.435. The summed E-state index contributed by atoms with van der Waals surface area (Å²) in [5, 5.41) is 4.70. The summed E-state index contributed by atoms with van der Waals surface area (Å²) in [6.45, 7) is 6.26. The van der Waals surface area contributed by atoms with Gasteiger partial charge in [-0.25, -0.2) is 14.3 Å². The number of esters is 2. The highest BCUT2D eigenvalue weighted by Gasteiger charge is 2.33. The third kappa shape index (κ3) is 5.68. The van der Waals surface area contributed by atoms with Crippen molar-refractivity contribution in [1.29, 1.82) is 0 Å². The largest absolute Gasteiger partial charge is 0.462 e. The number of carbonyl (C=O) groups is 2. The van der Waals surface area contributed by atoms with Gasteiger partial charge in [0.05, 0.1) is 31.1 Å². The van der Waals surface area contributed by atoms with Crippen molar-refractivity contribution in [2.45, 2.75) is 40.0 Å². The van der Waals surface area contributed by atoms with Gasteiger partial charge >= 0.3 is 18.1 Å². The van der Waals surface area contributed by atoms with E-state index in [0.29, 0.717) is 43.4 Å². The van der Waals surface area contributed by atoms with Crippen molar-refractivity contribution in [3.05, 3.63) is 57.9 Å². The lowest BCUT2D eigenvalue weighted by Crippen LogP contribution is -2.37. The maximum Gasteiger partial charge on any atom is 0.416 e. The average molecular weight is 521 g/mol. The zero-order valence-electron chi connectivity index (χ0n) is 20.7. The van der Waals surface area contributed by atoms with Crippen molar-refractivity contribution in [2.75, 3.05) is 37.8 Å². The summed E-state index contributed by atoms with van der Waals surface area (Å²) in [5.41, 5.74) is 0.722. The van der Waals surface area contributed by atoms with Gasteiger partial charge in [0.15, 0.2) is 11.5 Å². The highest BCUT2D eigenvalue weighted by molar-refractivity contribution is 5.96. The Morgan fingerprint density at radius 1 is 1.16 bits per heavy atom. The summed E-state index contributed by atoms with van der Waals surface area (Å²) < 4.78 is 58.0. The van der Waals surface area contributed by atoms with Crippen LogP contribution in [0.3, 0.4) is 0 Å². The number of rotatable bonds is 7. The van der Waals surface area contributed by atoms with E-state index in [1.807, 2.05) is 4.90 Å². The van der Waals surface area contributed by atoms with Gasteiger partial charge in [0.1, 0.15) is 17.9 Å². The molecule has 37 heavy (non-hydrogen) atoms. The summed E-state index contributed by atoms with van der Waals surface area (Å²) in [5.74, 6) is -0.696. The van der Waals surface area contributed by atoms with Crippen LogP contribution in [0.5, 0.6) is 0 Å². The number of carbonyl (C=O) groups excluding carboxylic acids is 2. The van der Waals surface area contributed by atoms with Gasteiger partial charge in [0.2, 0.25) is 0 Å². The molecule has 0 unspecified atom stereocenters. The van der Waals surface area contributed by atoms with Crippen LogP contribution in [0.4, 0.5) is 19.0 Å². The minimum absolute atomic E-state index is 0.00927. The maximum absolute atomic E-state index is 13.6. The predicted molar refractivity (Wildman–Crippen MR) is 126 cm³/mol. The molecule has 2 aromatic heterocycles. The van der Waals surface area contributed by atoms with Crippen LogP contribution >= 0.6 is 0 Å². The molecule has 3 aromatic rings. The number of aromatic nitrogens is 3. The third-order valence-corrected chi connectivity index (χ3v) is 6.10. The molecule has 3 heterocycles. The second kappa shape index (κ2) is 10.8. The van der Waals surface area contributed by atoms with Crippen LogP contribution in [-0.4, -0.2) is 59.4 Å². The molecule has 198 valence electrons. The predicted octanol–water partition coefficient (Wildman–Crippen LogP) is 3.72. The van der Waals surface area contributed by atoms with Crippen LogP contribution in [0.25, 0.3) is 5.65 Å². The Morgan fingerprint density at radius 2 is 1.89 bits per heavy atom. The third-order valence-electron chi connectivity index (χ3n) is 6.10. The Bertz CT molecular complexity index is 1320. The first-order chi connectivity index (χ1) is 17.6. The molecular formula is C25H27F3N4O5. The molecule has 1 aliphatic rings. The van der Waals surface area contributed by atoms with E-state index >= 15 is 0 Å². The van der Waals surface area contributed by atoms with E-state index in [0.717, 1.165) is 6.07 Å². The normalized spacial score (nSPS) is 14.2. The van der Waals surface area contributed by atoms with Gasteiger partial charge in [0.25, 0.3) is 0 Å². The maximum atomic E-state index is 13.6. The number of ether oxygens (including phenoxy) is 3. The lowest BCUT2D eigenvalue weighted by molar-refractivity contribution is -0.142. The van der Waals surface area contributed by atoms with Gasteiger partial charge in [-0.15, -0.1) is 5.10 Å². The molecule has 1 saturated heterocycles. The molecule has 0 atom stereocenters. The molecule has 0 bridgehead atoms. The average Bonchev–Trinajstić information content (AvgIpc) is 3.20. The summed E-state index contributed by atoms with van der Waals surface area (Å²) in [7, 11) is 0. The Hall–Kier alpha value is -3.67. The first kappa shape index (κ1) is 26.4. The molecule has 0 radical (unpaired) electrons. The molecule has 0 amide bonds. The molecule has 1 fully saturated rings. The van der Waals surface area contributed by atoms with Crippen LogP contribution in [0.2, 0.25) is 0 Å². The van der Waals surface area contributed by atoms with Crippen molar-refractivity contribution < 1.29 is 37.0 Å². The van der Waals surface area contributed by atoms with Crippen molar-refractivity contribution in [2.24, 2.45) is 0 Å². The topological polar surface area (TPSA) is 95.3 Å². The Balaban J connectivity index is 1.91. The Labute approximate surface area is 211 Å². The number of anilines is 1. The van der Waals surface area contributed by atoms with Crippen molar-refractivity contribution in [1.82, 2.24) is 14.6 Å². The summed E-state index contributed by atoms with van der Waals surface area (Å²) in [6, 6.07) is 5.55. The molecule has 1 aliphatic heterocycles. The second-order valence-electron chi connectivity index (χ2n) is 8.52. The molecule has 4 rings (SSSR count). The molecular weight excluding hydrogens is 493 g/mol. The lowest BCUT2D eigenvalue weighted by atomic mass is 9.98. The fraction of sp³-hybridized carbons (Fsp3) is 0.440. The van der Waals surface area contributed by atoms with Gasteiger partial charge < -0.3 is 19.1 Å². The van der Waals surface area contributed by atoms with E-state index in [4.69, 9.17) is 19.3 Å². The molecule has 0 aliphatic carbocycles. The zero-order valence-corrected chi connectivity index (χ0v) is 20.7. The number of nitrogens with zero attached hydrogens (tertiary/aromatic N) is 4. The lowest BCUT2D eigenvalue weighted by Gasteiger charge is -2.28. The highest BCUT2D eigenvalue weighted by atomic mass is 19.4. The molecule has 1 aromatic carbocycles. The molecule has 12 heteroatoms. The fourth-order valence-corrected chi connectivity index (χ4v) is 4.23. The summed E-state index contributed by atoms with van der Waals surface area (Å²) >= 11 is 0. The number of hydrogen-bond donors (Lipinski definition) is 0. The fourth-order valence-electron chi connectivity index (χ4n) is 4.23. The Kier molecular flexibility index (Phi) is 7.67. The molecule has 0 saturated carbocycles. The zero-order chi connectivity index (χ0) is 26.7. The van der Waals surface area contributed by atoms with Gasteiger partial charge in [-0.05, 0) is 31.0 Å². The number of alkyl halides is 3. The van der Waals surface area contributed by atoms with Crippen molar-refractivity contribution >= 4 is 23.4 Å². The number of benzene rings is 1. The SMILES string of the molecule is CCOC(=O)c1cc(N2CCOCC2)nn2c(Cc3cccc(C(F)(F)F)c3C)c(COC(C)=O)nc12. The number of hydrogen-bond acceptors (Lipinski definition) is 8. The van der Waals surface area contributed by atoms with E-state index in [2.05, 4.69) is 4.98 Å². The first-order valence-corrected chi connectivity index (χ1v) is 11.8. The van der Waals surface area contributed by atoms with Crippen LogP contribution in [0.15, 0.2) is 24.3 Å². The number of imidazole rings is 1. The van der Waals surface area contributed by atoms with Gasteiger partial charge in [-0.3, -0.25) is 4.79 Å². The molecule has 9 nitrogen and oxygen atoms in total. The van der Waals surface area contributed by atoms with E-state index in [-0.39, 0.29) is 42.1 Å². The van der Waals surface area contributed by atoms with Crippen LogP contribution in [0, 0.1) is 6.92 Å². The van der Waals surface area contributed by atoms with E-state index in [1.165, 1.54) is 24.4 Å². The van der Waals surface area contributed by atoms with Gasteiger partial charge in [0, 0.05) is 32.5 Å². The van der Waals surface area contributed by atoms with Crippen LogP contribution in [-0.2, 0) is 38.2 Å². The number of halogens is 3. The molecule has 0 spiro atoms. The standard InChI is InChI=1S/C25H27F3N4O5/c1-4-36-24(34)18-13-22(31-8-10-35-11-9-31)30-32-21(20(29-23(18)32)14-37-16(3)33)12-17-6-5-7-19(15(17)2)25(26,27)28/h5-7,13H,4,8-12,14H2,1-3H3. The summed E-state index contributed by atoms with van der Waals surface area (Å²) in [4.78, 5) is 30.9. The smallest absolute Gasteiger partial charge is 0.416 e. The summed E-state index contributed by atoms with van der Waals surface area (Å²) in [6.07, 6.45) is -4.51. The monoisotopic (exact) mass is 520 g/mol. The number of morpholine rings is 1. The Morgan fingerprint density at radius 3 is 2.54 bits per heavy atom. The van der Waals surface area contributed by atoms with E-state index < -0.39 is 23.7 Å². The van der Waals surface area contributed by atoms with Crippen LogP contribution < -0.4 is 4.90 Å². The minimum Gasteiger partial charge on any atom is -0.462 e. The van der Waals surface area contributed by atoms with Crippen molar-refractivity contribution in [3.63, 3.8) is 0 Å². The number of fused-ring (bicyclic) bond motifs is 1. The van der Waals surface area contributed by atoms with Crippen molar-refractivity contribution in [3.8, 4) is 0 Å². The first-order valence-electron chi connectivity index (χ1n) is 11.8. The second-order valence-corrected chi connectivity index (χ2v) is 8.52. The van der Waals surface area contributed by atoms with Gasteiger partial charge in [-0.2, -0.15) is 13.2 Å². The van der Waals surface area contributed by atoms with Crippen LogP contribution in [0.1, 0.15) is 52.3 Å². The van der Waals surface area contributed by atoms with Gasteiger partial charge in [-0.1, -0.05) is 12.1 Å². The minimum atomic E-state index is -4.51. The van der Waals surface area contributed by atoms with E-state index in [9.17, 15) is 22.8 Å².